The minimum Gasteiger partial charge on any atom is -0.507 e. The maximum atomic E-state index is 13.5. The Labute approximate surface area is 148 Å². The summed E-state index contributed by atoms with van der Waals surface area (Å²) < 4.78 is 38.5. The number of benzene rings is 2. The number of nitrogens with zero attached hydrogens (tertiary/aromatic N) is 3. The second kappa shape index (κ2) is 6.45. The zero-order chi connectivity index (χ0) is 18.3. The summed E-state index contributed by atoms with van der Waals surface area (Å²) in [5.41, 5.74) is 1.55. The molecule has 1 N–H and O–H groups in total. The third-order valence-corrected chi connectivity index (χ3v) is 4.29. The van der Waals surface area contributed by atoms with Gasteiger partial charge in [-0.15, -0.1) is 0 Å². The maximum Gasteiger partial charge on any atom is 0.320 e. The number of halogens is 2. The van der Waals surface area contributed by atoms with Crippen LogP contribution in [0, 0.1) is 0 Å². The molecule has 0 unspecified atom stereocenters. The van der Waals surface area contributed by atoms with Gasteiger partial charge in [0.15, 0.2) is 11.5 Å². The first kappa shape index (κ1) is 16.6. The van der Waals surface area contributed by atoms with E-state index >= 15 is 0 Å². The van der Waals surface area contributed by atoms with Crippen LogP contribution in [0.2, 0.25) is 0 Å². The summed E-state index contributed by atoms with van der Waals surface area (Å²) in [6.07, 6.45) is 0. The van der Waals surface area contributed by atoms with E-state index in [-0.39, 0.29) is 24.9 Å². The number of hydrogen-bond acceptors (Lipinski definition) is 5. The van der Waals surface area contributed by atoms with Gasteiger partial charge in [0.1, 0.15) is 11.6 Å². The van der Waals surface area contributed by atoms with Crippen molar-refractivity contribution in [2.75, 3.05) is 13.8 Å². The second-order valence-electron chi connectivity index (χ2n) is 6.17. The van der Waals surface area contributed by atoms with Crippen molar-refractivity contribution in [1.82, 2.24) is 14.5 Å². The van der Waals surface area contributed by atoms with Gasteiger partial charge >= 0.3 is 6.55 Å². The maximum absolute atomic E-state index is 13.5. The lowest BCUT2D eigenvalue weighted by molar-refractivity contribution is 0.0689. The van der Waals surface area contributed by atoms with Crippen molar-refractivity contribution < 1.29 is 23.4 Å². The average molecular weight is 361 g/mol. The Kier molecular flexibility index (Phi) is 4.12. The van der Waals surface area contributed by atoms with Gasteiger partial charge in [-0.25, -0.2) is 4.98 Å². The molecule has 0 aliphatic carbocycles. The first-order chi connectivity index (χ1) is 12.5. The molecule has 26 heavy (non-hydrogen) atoms. The highest BCUT2D eigenvalue weighted by atomic mass is 19.3. The summed E-state index contributed by atoms with van der Waals surface area (Å²) in [5.74, 6) is 1.40. The lowest BCUT2D eigenvalue weighted by Crippen LogP contribution is -2.20. The first-order valence-electron chi connectivity index (χ1n) is 8.07. The molecule has 0 saturated carbocycles. The van der Waals surface area contributed by atoms with E-state index in [0.717, 1.165) is 4.57 Å². The molecule has 2 aromatic carbocycles. The van der Waals surface area contributed by atoms with Gasteiger partial charge in [0, 0.05) is 18.2 Å². The quantitative estimate of drug-likeness (QED) is 0.754. The minimum absolute atomic E-state index is 0.0727. The fourth-order valence-corrected chi connectivity index (χ4v) is 3.11. The number of aromatic nitrogens is 2. The van der Waals surface area contributed by atoms with Crippen molar-refractivity contribution in [3.63, 3.8) is 0 Å². The van der Waals surface area contributed by atoms with Crippen molar-refractivity contribution in [3.05, 3.63) is 47.8 Å². The fourth-order valence-electron chi connectivity index (χ4n) is 3.11. The molecule has 0 amide bonds. The molecule has 3 aromatic rings. The highest BCUT2D eigenvalue weighted by molar-refractivity contribution is 5.76. The summed E-state index contributed by atoms with van der Waals surface area (Å²) >= 11 is 0. The molecule has 2 heterocycles. The predicted octanol–water partition coefficient (Wildman–Crippen LogP) is 3.50. The van der Waals surface area contributed by atoms with Gasteiger partial charge in [-0.05, 0) is 25.2 Å². The van der Waals surface area contributed by atoms with Crippen LogP contribution in [0.5, 0.6) is 17.2 Å². The topological polar surface area (TPSA) is 59.8 Å². The number of phenolic OH excluding ortho intramolecular Hbond substituents is 1. The van der Waals surface area contributed by atoms with Gasteiger partial charge in [0.05, 0.1) is 17.6 Å². The second-order valence-corrected chi connectivity index (χ2v) is 6.17. The van der Waals surface area contributed by atoms with Crippen molar-refractivity contribution in [2.24, 2.45) is 0 Å². The van der Waals surface area contributed by atoms with Crippen LogP contribution in [-0.4, -0.2) is 33.4 Å². The lowest BCUT2D eigenvalue weighted by Gasteiger charge is -2.18. The number of para-hydroxylation sites is 2. The lowest BCUT2D eigenvalue weighted by atomic mass is 10.1. The Balaban J connectivity index is 1.58. The molecule has 0 saturated heterocycles. The Morgan fingerprint density at radius 1 is 1.19 bits per heavy atom. The molecule has 1 aliphatic heterocycles. The zero-order valence-corrected chi connectivity index (χ0v) is 14.0. The van der Waals surface area contributed by atoms with Gasteiger partial charge < -0.3 is 14.6 Å². The first-order valence-corrected chi connectivity index (χ1v) is 8.07. The Hall–Kier alpha value is -2.87. The van der Waals surface area contributed by atoms with Crippen LogP contribution in [-0.2, 0) is 13.1 Å². The minimum atomic E-state index is -2.68. The van der Waals surface area contributed by atoms with Crippen molar-refractivity contribution in [2.45, 2.75) is 19.6 Å². The molecule has 6 nitrogen and oxygen atoms in total. The van der Waals surface area contributed by atoms with E-state index in [1.165, 1.54) is 6.07 Å². The number of alkyl halides is 2. The Morgan fingerprint density at radius 3 is 2.69 bits per heavy atom. The molecule has 1 aliphatic rings. The number of aromatic hydroxyl groups is 1. The number of rotatable bonds is 5. The predicted molar refractivity (Wildman–Crippen MR) is 90.4 cm³/mol. The largest absolute Gasteiger partial charge is 0.507 e. The molecule has 0 radical (unpaired) electrons. The van der Waals surface area contributed by atoms with Gasteiger partial charge in [-0.1, -0.05) is 12.1 Å². The summed E-state index contributed by atoms with van der Waals surface area (Å²) in [4.78, 5) is 6.13. The van der Waals surface area contributed by atoms with Gasteiger partial charge in [0.25, 0.3) is 0 Å². The average Bonchev–Trinajstić information content (AvgIpc) is 3.18. The number of phenols is 1. The molecule has 1 aromatic heterocycles. The highest BCUT2D eigenvalue weighted by Crippen LogP contribution is 2.38. The van der Waals surface area contributed by atoms with Crippen molar-refractivity contribution in [1.29, 1.82) is 0 Å². The van der Waals surface area contributed by atoms with Crippen LogP contribution in [0.3, 0.4) is 0 Å². The molecule has 4 rings (SSSR count). The molecule has 0 fully saturated rings. The van der Waals surface area contributed by atoms with Gasteiger partial charge in [0.2, 0.25) is 6.79 Å². The SMILES string of the molecule is CN(Cc1cc2c(cc1O)OCO2)Cc1nc2ccccc2n1C(F)F. The highest BCUT2D eigenvalue weighted by Gasteiger charge is 2.21. The van der Waals surface area contributed by atoms with E-state index in [9.17, 15) is 13.9 Å². The van der Waals surface area contributed by atoms with E-state index in [4.69, 9.17) is 9.47 Å². The van der Waals surface area contributed by atoms with Gasteiger partial charge in [-0.3, -0.25) is 9.47 Å². The molecular formula is C18H17F2N3O3. The van der Waals surface area contributed by atoms with Crippen molar-refractivity contribution >= 4 is 11.0 Å². The Morgan fingerprint density at radius 2 is 1.92 bits per heavy atom. The fraction of sp³-hybridized carbons (Fsp3) is 0.278. The van der Waals surface area contributed by atoms with Crippen LogP contribution < -0.4 is 9.47 Å². The van der Waals surface area contributed by atoms with Crippen LogP contribution in [0.25, 0.3) is 11.0 Å². The van der Waals surface area contributed by atoms with E-state index in [0.29, 0.717) is 34.6 Å². The molecule has 0 atom stereocenters. The van der Waals surface area contributed by atoms with Crippen LogP contribution in [0.1, 0.15) is 17.9 Å². The molecular weight excluding hydrogens is 344 g/mol. The van der Waals surface area contributed by atoms with Crippen molar-refractivity contribution in [3.8, 4) is 17.2 Å². The molecule has 136 valence electrons. The summed E-state index contributed by atoms with van der Waals surface area (Å²) in [7, 11) is 1.78. The van der Waals surface area contributed by atoms with Crippen LogP contribution >= 0.6 is 0 Å². The summed E-state index contributed by atoms with van der Waals surface area (Å²) in [6, 6.07) is 10.0. The van der Waals surface area contributed by atoms with E-state index < -0.39 is 6.55 Å². The van der Waals surface area contributed by atoms with E-state index in [2.05, 4.69) is 4.98 Å². The van der Waals surface area contributed by atoms with Gasteiger partial charge in [-0.2, -0.15) is 8.78 Å². The Bertz CT molecular complexity index is 958. The third kappa shape index (κ3) is 2.92. The molecule has 0 spiro atoms. The smallest absolute Gasteiger partial charge is 0.320 e. The summed E-state index contributed by atoms with van der Waals surface area (Å²) in [6.45, 7) is -2.02. The number of hydrogen-bond donors (Lipinski definition) is 1. The monoisotopic (exact) mass is 361 g/mol. The third-order valence-electron chi connectivity index (χ3n) is 4.29. The number of imidazole rings is 1. The summed E-state index contributed by atoms with van der Waals surface area (Å²) in [5, 5.41) is 10.1. The number of ether oxygens (including phenoxy) is 2. The standard InChI is InChI=1S/C18H17F2N3O3/c1-22(8-11-6-15-16(7-14(11)24)26-10-25-15)9-17-21-12-4-2-3-5-13(12)23(17)18(19)20/h2-7,18,24H,8-10H2,1H3. The molecule has 0 bridgehead atoms. The van der Waals surface area contributed by atoms with Crippen LogP contribution in [0.15, 0.2) is 36.4 Å². The number of fused-ring (bicyclic) bond motifs is 2. The zero-order valence-electron chi connectivity index (χ0n) is 14.0. The van der Waals surface area contributed by atoms with E-state index in [1.54, 1.807) is 42.3 Å². The normalized spacial score (nSPS) is 13.3. The molecule has 8 heteroatoms. The van der Waals surface area contributed by atoms with Crippen LogP contribution in [0.4, 0.5) is 8.78 Å². The van der Waals surface area contributed by atoms with E-state index in [1.807, 2.05) is 0 Å².